The van der Waals surface area contributed by atoms with Crippen molar-refractivity contribution >= 4 is 35.1 Å². The first-order chi connectivity index (χ1) is 16.6. The third-order valence-electron chi connectivity index (χ3n) is 7.29. The normalized spacial score (nSPS) is 25.7. The molecule has 35 heavy (non-hydrogen) atoms. The fraction of sp³-hybridized carbons (Fsp3) is 0.370. The van der Waals surface area contributed by atoms with E-state index in [0.717, 1.165) is 22.5 Å². The lowest BCUT2D eigenvalue weighted by Crippen LogP contribution is -2.47. The molecular formula is C27H27FN2O4S. The first kappa shape index (κ1) is 23.6. The van der Waals surface area contributed by atoms with Crippen LogP contribution in [0.3, 0.4) is 0 Å². The Kier molecular flexibility index (Phi) is 5.74. The number of carbonyl (C=O) groups excluding carboxylic acids is 3. The van der Waals surface area contributed by atoms with Crippen LogP contribution in [0.25, 0.3) is 0 Å². The Hall–Kier alpha value is -3.13. The van der Waals surface area contributed by atoms with Crippen LogP contribution in [0.4, 0.5) is 10.1 Å². The third-order valence-corrected chi connectivity index (χ3v) is 8.89. The fourth-order valence-corrected chi connectivity index (χ4v) is 7.16. The number of para-hydroxylation sites is 1. The van der Waals surface area contributed by atoms with Gasteiger partial charge in [0.25, 0.3) is 0 Å². The van der Waals surface area contributed by atoms with Gasteiger partial charge in [-0.2, -0.15) is 0 Å². The monoisotopic (exact) mass is 494 g/mol. The number of ketones is 1. The molecule has 0 saturated carbocycles. The number of nitrogens with zero attached hydrogens (tertiary/aromatic N) is 2. The molecule has 2 aromatic rings. The van der Waals surface area contributed by atoms with Crippen LogP contribution in [0, 0.1) is 5.82 Å². The summed E-state index contributed by atoms with van der Waals surface area (Å²) in [6.45, 7) is 3.73. The van der Waals surface area contributed by atoms with Crippen LogP contribution in [-0.2, 0) is 29.4 Å². The number of allylic oxidation sites excluding steroid dienone is 1. The Morgan fingerprint density at radius 3 is 2.60 bits per heavy atom. The minimum Gasteiger partial charge on any atom is -0.456 e. The van der Waals surface area contributed by atoms with E-state index in [1.54, 1.807) is 23.1 Å². The maximum atomic E-state index is 13.5. The molecule has 0 spiro atoms. The summed E-state index contributed by atoms with van der Waals surface area (Å²) >= 11 is 1.49. The van der Waals surface area contributed by atoms with E-state index >= 15 is 0 Å². The molecule has 5 rings (SSSR count). The molecule has 1 amide bonds. The first-order valence-corrected chi connectivity index (χ1v) is 12.6. The van der Waals surface area contributed by atoms with Gasteiger partial charge in [0, 0.05) is 42.1 Å². The molecule has 0 radical (unpaired) electrons. The number of hydrogen-bond acceptors (Lipinski definition) is 6. The Labute approximate surface area is 208 Å². The lowest BCUT2D eigenvalue weighted by Gasteiger charge is -2.33. The van der Waals surface area contributed by atoms with Crippen LogP contribution in [0.1, 0.15) is 37.8 Å². The summed E-state index contributed by atoms with van der Waals surface area (Å²) in [5.74, 6) is -1.04. The zero-order valence-corrected chi connectivity index (χ0v) is 20.7. The Morgan fingerprint density at radius 2 is 1.89 bits per heavy atom. The van der Waals surface area contributed by atoms with Gasteiger partial charge in [-0.3, -0.25) is 9.59 Å². The highest BCUT2D eigenvalue weighted by molar-refractivity contribution is 8.00. The molecule has 3 aliphatic heterocycles. The van der Waals surface area contributed by atoms with Gasteiger partial charge in [-0.05, 0) is 35.7 Å². The van der Waals surface area contributed by atoms with Crippen molar-refractivity contribution in [3.63, 3.8) is 0 Å². The lowest BCUT2D eigenvalue weighted by molar-refractivity contribution is -0.155. The molecular weight excluding hydrogens is 467 g/mol. The van der Waals surface area contributed by atoms with Crippen LogP contribution in [0.2, 0.25) is 0 Å². The van der Waals surface area contributed by atoms with Crippen LogP contribution < -0.4 is 4.90 Å². The smallest absolute Gasteiger partial charge is 0.330 e. The van der Waals surface area contributed by atoms with Crippen molar-refractivity contribution < 1.29 is 23.5 Å². The van der Waals surface area contributed by atoms with Crippen molar-refractivity contribution in [1.82, 2.24) is 4.90 Å². The van der Waals surface area contributed by atoms with Crippen LogP contribution in [0.5, 0.6) is 0 Å². The van der Waals surface area contributed by atoms with Gasteiger partial charge >= 0.3 is 5.97 Å². The second-order valence-corrected chi connectivity index (χ2v) is 11.0. The molecule has 2 aromatic carbocycles. The van der Waals surface area contributed by atoms with Crippen molar-refractivity contribution in [1.29, 1.82) is 0 Å². The predicted molar refractivity (Wildman–Crippen MR) is 132 cm³/mol. The molecule has 0 aromatic heterocycles. The molecule has 3 aliphatic rings. The third kappa shape index (κ3) is 3.75. The largest absolute Gasteiger partial charge is 0.456 e. The minimum absolute atomic E-state index is 0.137. The second-order valence-electron chi connectivity index (χ2n) is 9.69. The summed E-state index contributed by atoms with van der Waals surface area (Å²) in [6, 6.07) is 13.3. The number of hydrogen-bond donors (Lipinski definition) is 0. The summed E-state index contributed by atoms with van der Waals surface area (Å²) in [5, 5.41) is 0. The van der Waals surface area contributed by atoms with Crippen molar-refractivity contribution in [2.75, 3.05) is 24.3 Å². The fourth-order valence-electron chi connectivity index (χ4n) is 5.52. The summed E-state index contributed by atoms with van der Waals surface area (Å²) < 4.78 is 18.9. The zero-order chi connectivity index (χ0) is 25.0. The zero-order valence-electron chi connectivity index (χ0n) is 19.9. The van der Waals surface area contributed by atoms with Gasteiger partial charge in [0.15, 0.2) is 12.4 Å². The predicted octanol–water partition coefficient (Wildman–Crippen LogP) is 4.14. The molecule has 182 valence electrons. The number of benzene rings is 2. The number of rotatable bonds is 5. The highest BCUT2D eigenvalue weighted by Gasteiger charge is 2.57. The van der Waals surface area contributed by atoms with Gasteiger partial charge in [0.1, 0.15) is 16.7 Å². The van der Waals surface area contributed by atoms with E-state index in [1.807, 2.05) is 30.1 Å². The standard InChI is InChI=1S/C27H27FN2O4S/c1-26(2)20-6-4-5-7-21(20)29(3)23(26)14-19(31)15-34-25(33)22-16-35-27(13-12-24(32)30(22)27)17-8-10-18(28)11-9-17/h4-11,14,22H,12-13,15-16H2,1-3H3/b23-14-/t22-,27+/m1/s1. The molecule has 2 fully saturated rings. The van der Waals surface area contributed by atoms with Gasteiger partial charge in [0.05, 0.1) is 0 Å². The highest BCUT2D eigenvalue weighted by atomic mass is 32.2. The van der Waals surface area contributed by atoms with Gasteiger partial charge in [0.2, 0.25) is 5.91 Å². The Bertz CT molecular complexity index is 1240. The summed E-state index contributed by atoms with van der Waals surface area (Å²) in [6.07, 6.45) is 2.39. The number of ether oxygens (including phenoxy) is 1. The van der Waals surface area contributed by atoms with Crippen molar-refractivity contribution in [3.05, 3.63) is 77.2 Å². The van der Waals surface area contributed by atoms with Gasteiger partial charge in [-0.25, -0.2) is 9.18 Å². The van der Waals surface area contributed by atoms with Crippen LogP contribution in [-0.4, -0.2) is 48.0 Å². The van der Waals surface area contributed by atoms with Crippen molar-refractivity contribution in [2.45, 2.75) is 43.0 Å². The van der Waals surface area contributed by atoms with E-state index in [0.29, 0.717) is 18.6 Å². The van der Waals surface area contributed by atoms with Gasteiger partial charge < -0.3 is 14.5 Å². The SMILES string of the molecule is CN1/C(=C\C(=O)COC(=O)[C@H]2CS[C@]3(c4ccc(F)cc4)CCC(=O)N23)C(C)(C)c2ccccc21. The first-order valence-electron chi connectivity index (χ1n) is 11.6. The molecule has 8 heteroatoms. The van der Waals surface area contributed by atoms with Crippen LogP contribution >= 0.6 is 11.8 Å². The molecule has 2 saturated heterocycles. The number of likely N-dealkylation sites (N-methyl/N-ethyl adjacent to an activating group) is 1. The average molecular weight is 495 g/mol. The maximum absolute atomic E-state index is 13.5. The van der Waals surface area contributed by atoms with E-state index in [1.165, 1.54) is 23.9 Å². The van der Waals surface area contributed by atoms with Crippen LogP contribution in [0.15, 0.2) is 60.3 Å². The van der Waals surface area contributed by atoms with Crippen molar-refractivity contribution in [3.8, 4) is 0 Å². The molecule has 0 bridgehead atoms. The number of esters is 1. The molecule has 0 unspecified atom stereocenters. The lowest BCUT2D eigenvalue weighted by atomic mass is 9.83. The Balaban J connectivity index is 1.29. The maximum Gasteiger partial charge on any atom is 0.330 e. The summed E-state index contributed by atoms with van der Waals surface area (Å²) in [7, 11) is 1.92. The van der Waals surface area contributed by atoms with Gasteiger partial charge in [-0.1, -0.05) is 44.2 Å². The number of carbonyl (C=O) groups is 3. The number of anilines is 1. The molecule has 3 heterocycles. The average Bonchev–Trinajstić information content (AvgIpc) is 3.45. The Morgan fingerprint density at radius 1 is 1.17 bits per heavy atom. The number of thioether (sulfide) groups is 1. The number of halogens is 1. The minimum atomic E-state index is -0.782. The highest BCUT2D eigenvalue weighted by Crippen LogP contribution is 2.54. The number of fused-ring (bicyclic) bond motifs is 2. The molecule has 0 N–H and O–H groups in total. The van der Waals surface area contributed by atoms with Gasteiger partial charge in [-0.15, -0.1) is 11.8 Å². The molecule has 6 nitrogen and oxygen atoms in total. The molecule has 2 atom stereocenters. The van der Waals surface area contributed by atoms with E-state index in [2.05, 4.69) is 19.9 Å². The second kappa shape index (κ2) is 8.52. The van der Waals surface area contributed by atoms with E-state index in [9.17, 15) is 18.8 Å². The topological polar surface area (TPSA) is 66.9 Å². The van der Waals surface area contributed by atoms with Crippen molar-refractivity contribution in [2.24, 2.45) is 0 Å². The summed E-state index contributed by atoms with van der Waals surface area (Å²) in [4.78, 5) is 41.4. The quantitative estimate of drug-likeness (QED) is 0.460. The van der Waals surface area contributed by atoms with E-state index in [4.69, 9.17) is 4.74 Å². The number of amides is 1. The van der Waals surface area contributed by atoms with E-state index < -0.39 is 23.5 Å². The van der Waals surface area contributed by atoms with E-state index in [-0.39, 0.29) is 22.9 Å². The summed E-state index contributed by atoms with van der Waals surface area (Å²) in [5.41, 5.74) is 3.44. The molecule has 0 aliphatic carbocycles.